The van der Waals surface area contributed by atoms with Gasteiger partial charge >= 0.3 is 11.9 Å². The molecule has 0 spiro atoms. The number of esters is 2. The third-order valence-corrected chi connectivity index (χ3v) is 1.49. The lowest BCUT2D eigenvalue weighted by atomic mass is 10.4. The first-order valence-corrected chi connectivity index (χ1v) is 5.48. The first-order valence-electron chi connectivity index (χ1n) is 3.65. The van der Waals surface area contributed by atoms with Crippen molar-refractivity contribution >= 4 is 43.8 Å². The first-order chi connectivity index (χ1) is 6.06. The summed E-state index contributed by atoms with van der Waals surface area (Å²) < 4.78 is 9.15. The van der Waals surface area contributed by atoms with Crippen LogP contribution in [0, 0.1) is 0 Å². The Bertz CT molecular complexity index is 181. The first kappa shape index (κ1) is 12.9. The molecule has 0 aromatic carbocycles. The van der Waals surface area contributed by atoms with Crippen LogP contribution in [0.4, 0.5) is 0 Å². The minimum atomic E-state index is -0.581. The standard InChI is InChI=1S/C7H10Br2O4/c1-2-12-6(10)3-7(11)13-4-5(8)9/h5H,2-4H2,1H3. The molecule has 0 aliphatic carbocycles. The largest absolute Gasteiger partial charge is 0.466 e. The summed E-state index contributed by atoms with van der Waals surface area (Å²) in [6.07, 6.45) is -0.333. The van der Waals surface area contributed by atoms with E-state index in [-0.39, 0.29) is 23.4 Å². The highest BCUT2D eigenvalue weighted by Crippen LogP contribution is 2.08. The molecule has 0 radical (unpaired) electrons. The van der Waals surface area contributed by atoms with Crippen molar-refractivity contribution in [3.63, 3.8) is 0 Å². The van der Waals surface area contributed by atoms with E-state index in [4.69, 9.17) is 0 Å². The normalized spacial score (nSPS) is 9.85. The van der Waals surface area contributed by atoms with Crippen LogP contribution in [0.2, 0.25) is 0 Å². The van der Waals surface area contributed by atoms with Crippen molar-refractivity contribution in [1.82, 2.24) is 0 Å². The smallest absolute Gasteiger partial charge is 0.317 e. The molecule has 0 heterocycles. The van der Waals surface area contributed by atoms with E-state index < -0.39 is 11.9 Å². The van der Waals surface area contributed by atoms with Gasteiger partial charge in [0.2, 0.25) is 0 Å². The maximum Gasteiger partial charge on any atom is 0.317 e. The van der Waals surface area contributed by atoms with Crippen molar-refractivity contribution in [3.05, 3.63) is 0 Å². The summed E-state index contributed by atoms with van der Waals surface area (Å²) in [5.41, 5.74) is 0. The number of alkyl halides is 2. The Morgan fingerprint density at radius 3 is 2.23 bits per heavy atom. The number of hydrogen-bond donors (Lipinski definition) is 0. The summed E-state index contributed by atoms with van der Waals surface area (Å²) in [6.45, 7) is 2.13. The third-order valence-electron chi connectivity index (χ3n) is 0.964. The molecule has 0 N–H and O–H groups in total. The fourth-order valence-corrected chi connectivity index (χ4v) is 0.801. The maximum atomic E-state index is 10.9. The molecule has 76 valence electrons. The Morgan fingerprint density at radius 2 is 1.77 bits per heavy atom. The Morgan fingerprint density at radius 1 is 1.23 bits per heavy atom. The van der Waals surface area contributed by atoms with Crippen LogP contribution in [0.5, 0.6) is 0 Å². The van der Waals surface area contributed by atoms with E-state index in [1.165, 1.54) is 0 Å². The summed E-state index contributed by atoms with van der Waals surface area (Å²) in [5.74, 6) is -1.14. The Balaban J connectivity index is 3.56. The molecular formula is C7H10Br2O4. The number of carbonyl (C=O) groups excluding carboxylic acids is 2. The van der Waals surface area contributed by atoms with Gasteiger partial charge in [0.05, 0.1) is 6.61 Å². The number of halogens is 2. The van der Waals surface area contributed by atoms with Crippen LogP contribution in [0.1, 0.15) is 13.3 Å². The van der Waals surface area contributed by atoms with Gasteiger partial charge in [-0.05, 0) is 6.92 Å². The molecule has 0 aromatic heterocycles. The molecule has 4 nitrogen and oxygen atoms in total. The molecular weight excluding hydrogens is 308 g/mol. The molecule has 13 heavy (non-hydrogen) atoms. The van der Waals surface area contributed by atoms with Crippen molar-refractivity contribution in [1.29, 1.82) is 0 Å². The highest BCUT2D eigenvalue weighted by molar-refractivity contribution is 9.24. The van der Waals surface area contributed by atoms with Crippen molar-refractivity contribution in [2.75, 3.05) is 13.2 Å². The topological polar surface area (TPSA) is 52.6 Å². The fraction of sp³-hybridized carbons (Fsp3) is 0.714. The van der Waals surface area contributed by atoms with Gasteiger partial charge in [-0.2, -0.15) is 0 Å². The van der Waals surface area contributed by atoms with Gasteiger partial charge in [-0.1, -0.05) is 31.9 Å². The van der Waals surface area contributed by atoms with E-state index >= 15 is 0 Å². The van der Waals surface area contributed by atoms with Gasteiger partial charge in [-0.25, -0.2) is 0 Å². The second-order valence-electron chi connectivity index (χ2n) is 2.06. The van der Waals surface area contributed by atoms with Gasteiger partial charge in [0.1, 0.15) is 16.8 Å². The lowest BCUT2D eigenvalue weighted by Crippen LogP contribution is -2.15. The van der Waals surface area contributed by atoms with E-state index in [9.17, 15) is 9.59 Å². The zero-order chi connectivity index (χ0) is 10.3. The predicted molar refractivity (Wildman–Crippen MR) is 53.9 cm³/mol. The van der Waals surface area contributed by atoms with E-state index in [1.807, 2.05) is 0 Å². The summed E-state index contributed by atoms with van der Waals surface area (Å²) >= 11 is 6.25. The van der Waals surface area contributed by atoms with Crippen LogP contribution in [-0.2, 0) is 19.1 Å². The Labute approximate surface area is 93.2 Å². The van der Waals surface area contributed by atoms with Crippen LogP contribution >= 0.6 is 31.9 Å². The number of ether oxygens (including phenoxy) is 2. The molecule has 0 unspecified atom stereocenters. The number of hydrogen-bond acceptors (Lipinski definition) is 4. The quantitative estimate of drug-likeness (QED) is 0.439. The average Bonchev–Trinajstić information content (AvgIpc) is 2.01. The van der Waals surface area contributed by atoms with Gasteiger partial charge in [0, 0.05) is 0 Å². The van der Waals surface area contributed by atoms with Crippen molar-refractivity contribution < 1.29 is 19.1 Å². The molecule has 0 amide bonds. The molecule has 0 aliphatic heterocycles. The molecule has 0 saturated heterocycles. The second-order valence-corrected chi connectivity index (χ2v) is 5.50. The molecule has 0 bridgehead atoms. The molecule has 0 aliphatic rings. The lowest BCUT2D eigenvalue weighted by Gasteiger charge is -2.04. The van der Waals surface area contributed by atoms with Crippen molar-refractivity contribution in [2.24, 2.45) is 0 Å². The lowest BCUT2D eigenvalue weighted by molar-refractivity contribution is -0.153. The third kappa shape index (κ3) is 8.24. The van der Waals surface area contributed by atoms with Crippen LogP contribution in [0.15, 0.2) is 0 Å². The van der Waals surface area contributed by atoms with Crippen LogP contribution in [0.3, 0.4) is 0 Å². The minimum Gasteiger partial charge on any atom is -0.466 e. The molecule has 0 rings (SSSR count). The Hall–Kier alpha value is -0.100. The molecule has 0 atom stereocenters. The number of carbonyl (C=O) groups is 2. The summed E-state index contributed by atoms with van der Waals surface area (Å²) in [5, 5.41) is 0. The van der Waals surface area contributed by atoms with Crippen LogP contribution < -0.4 is 0 Å². The monoisotopic (exact) mass is 316 g/mol. The summed E-state index contributed by atoms with van der Waals surface area (Å²) in [6, 6.07) is 0. The highest BCUT2D eigenvalue weighted by Gasteiger charge is 2.12. The molecule has 0 saturated carbocycles. The van der Waals surface area contributed by atoms with Crippen molar-refractivity contribution in [3.8, 4) is 0 Å². The maximum absolute atomic E-state index is 10.9. The second kappa shape index (κ2) is 7.32. The minimum absolute atomic E-state index is 0.0915. The molecule has 6 heteroatoms. The molecule has 0 fully saturated rings. The van der Waals surface area contributed by atoms with E-state index in [0.717, 1.165) is 0 Å². The van der Waals surface area contributed by atoms with Crippen molar-refractivity contribution in [2.45, 2.75) is 17.1 Å². The van der Waals surface area contributed by atoms with Gasteiger partial charge in [-0.15, -0.1) is 0 Å². The van der Waals surface area contributed by atoms with E-state index in [2.05, 4.69) is 41.3 Å². The molecule has 0 aromatic rings. The van der Waals surface area contributed by atoms with Gasteiger partial charge in [0.25, 0.3) is 0 Å². The highest BCUT2D eigenvalue weighted by atomic mass is 79.9. The zero-order valence-corrected chi connectivity index (χ0v) is 10.3. The van der Waals surface area contributed by atoms with E-state index in [1.54, 1.807) is 6.92 Å². The van der Waals surface area contributed by atoms with E-state index in [0.29, 0.717) is 0 Å². The van der Waals surface area contributed by atoms with Crippen LogP contribution in [0.25, 0.3) is 0 Å². The number of rotatable bonds is 5. The average molecular weight is 318 g/mol. The Kier molecular flexibility index (Phi) is 7.26. The zero-order valence-electron chi connectivity index (χ0n) is 7.09. The van der Waals surface area contributed by atoms with Crippen LogP contribution in [-0.4, -0.2) is 28.9 Å². The fourth-order valence-electron chi connectivity index (χ4n) is 0.537. The SMILES string of the molecule is CCOC(=O)CC(=O)OCC(Br)Br. The van der Waals surface area contributed by atoms with Gasteiger partial charge < -0.3 is 9.47 Å². The van der Waals surface area contributed by atoms with Gasteiger partial charge in [0.15, 0.2) is 0 Å². The summed E-state index contributed by atoms with van der Waals surface area (Å²) in [7, 11) is 0. The predicted octanol–water partition coefficient (Wildman–Crippen LogP) is 1.60. The summed E-state index contributed by atoms with van der Waals surface area (Å²) in [4.78, 5) is 21.6. The van der Waals surface area contributed by atoms with Gasteiger partial charge in [-0.3, -0.25) is 9.59 Å².